The molecule has 5 heteroatoms. The molecule has 10 heavy (non-hydrogen) atoms. The van der Waals surface area contributed by atoms with Crippen LogP contribution in [0, 0.1) is 22.5 Å². The van der Waals surface area contributed by atoms with E-state index in [4.69, 9.17) is 6.42 Å². The van der Waals surface area contributed by atoms with E-state index < -0.39 is 4.92 Å². The molecule has 0 bridgehead atoms. The van der Waals surface area contributed by atoms with E-state index >= 15 is 0 Å². The number of aromatic amines is 1. The summed E-state index contributed by atoms with van der Waals surface area (Å²) in [6, 6.07) is 1.19. The summed E-state index contributed by atoms with van der Waals surface area (Å²) >= 11 is 0. The highest BCUT2D eigenvalue weighted by atomic mass is 16.6. The topological polar surface area (TPSA) is 71.8 Å². The maximum absolute atomic E-state index is 10.00. The van der Waals surface area contributed by atoms with Crippen molar-refractivity contribution in [3.63, 3.8) is 0 Å². The molecule has 0 atom stereocenters. The van der Waals surface area contributed by atoms with E-state index in [0.29, 0.717) is 0 Å². The van der Waals surface area contributed by atoms with Crippen molar-refractivity contribution in [2.45, 2.75) is 0 Å². The highest BCUT2D eigenvalue weighted by Crippen LogP contribution is 2.05. The number of nitrogens with one attached hydrogen (secondary N) is 1. The third-order valence-electron chi connectivity index (χ3n) is 0.909. The fraction of sp³-hybridized carbons (Fsp3) is 0. The molecule has 5 nitrogen and oxygen atoms in total. The molecule has 0 radical (unpaired) electrons. The minimum Gasteiger partial charge on any atom is -0.358 e. The van der Waals surface area contributed by atoms with Gasteiger partial charge in [-0.2, -0.15) is 0 Å². The quantitative estimate of drug-likeness (QED) is 0.343. The van der Waals surface area contributed by atoms with E-state index in [1.54, 1.807) is 0 Å². The van der Waals surface area contributed by atoms with Crippen LogP contribution in [0.25, 0.3) is 0 Å². The molecule has 0 saturated heterocycles. The maximum Gasteiger partial charge on any atom is 0.343 e. The van der Waals surface area contributed by atoms with E-state index in [1.165, 1.54) is 6.07 Å². The van der Waals surface area contributed by atoms with Crippen LogP contribution in [0.5, 0.6) is 0 Å². The van der Waals surface area contributed by atoms with Crippen molar-refractivity contribution < 1.29 is 4.92 Å². The van der Waals surface area contributed by atoms with Gasteiger partial charge >= 0.3 is 5.82 Å². The zero-order chi connectivity index (χ0) is 7.56. The average Bonchev–Trinajstić information content (AvgIpc) is 2.34. The summed E-state index contributed by atoms with van der Waals surface area (Å²) < 4.78 is 0. The molecule has 1 aromatic heterocycles. The molecule has 0 aromatic carbocycles. The molecule has 1 heterocycles. The van der Waals surface area contributed by atoms with Gasteiger partial charge in [-0.15, -0.1) is 11.5 Å². The number of nitrogens with zero attached hydrogens (tertiary/aromatic N) is 2. The average molecular weight is 137 g/mol. The zero-order valence-corrected chi connectivity index (χ0v) is 4.87. The number of hydrogen-bond acceptors (Lipinski definition) is 3. The second-order valence-corrected chi connectivity index (χ2v) is 1.54. The Morgan fingerprint density at radius 1 is 1.90 bits per heavy atom. The van der Waals surface area contributed by atoms with E-state index in [1.807, 2.05) is 0 Å². The van der Waals surface area contributed by atoms with Gasteiger partial charge < -0.3 is 10.1 Å². The lowest BCUT2D eigenvalue weighted by Gasteiger charge is -1.83. The van der Waals surface area contributed by atoms with Crippen LogP contribution in [0.4, 0.5) is 5.82 Å². The number of nitro groups is 1. The first-order valence-corrected chi connectivity index (χ1v) is 2.40. The van der Waals surface area contributed by atoms with Crippen LogP contribution in [-0.4, -0.2) is 15.1 Å². The Morgan fingerprint density at radius 3 is 2.90 bits per heavy atom. The molecule has 0 aliphatic rings. The first kappa shape index (κ1) is 6.29. The van der Waals surface area contributed by atoms with Crippen molar-refractivity contribution >= 4 is 5.82 Å². The van der Waals surface area contributed by atoms with Gasteiger partial charge in [0.1, 0.15) is 0 Å². The number of H-pyrrole nitrogens is 1. The molecule has 0 fully saturated rings. The summed E-state index contributed by atoms with van der Waals surface area (Å²) in [6.45, 7) is 0. The van der Waals surface area contributed by atoms with Crippen LogP contribution >= 0.6 is 0 Å². The first-order chi connectivity index (χ1) is 4.74. The molecular formula is C5H3N3O2. The summed E-state index contributed by atoms with van der Waals surface area (Å²) in [6.07, 6.45) is 4.91. The summed E-state index contributed by atoms with van der Waals surface area (Å²) in [5.74, 6) is 1.97. The van der Waals surface area contributed by atoms with Crippen molar-refractivity contribution in [1.82, 2.24) is 10.2 Å². The molecule has 0 amide bonds. The summed E-state index contributed by atoms with van der Waals surface area (Å²) in [5.41, 5.74) is 0.242. The molecule has 1 aromatic rings. The maximum atomic E-state index is 10.00. The normalized spacial score (nSPS) is 8.70. The van der Waals surface area contributed by atoms with Crippen LogP contribution in [0.2, 0.25) is 0 Å². The zero-order valence-electron chi connectivity index (χ0n) is 4.87. The molecular weight excluding hydrogens is 134 g/mol. The van der Waals surface area contributed by atoms with Gasteiger partial charge in [0, 0.05) is 0 Å². The Morgan fingerprint density at radius 2 is 2.60 bits per heavy atom. The van der Waals surface area contributed by atoms with Gasteiger partial charge in [0.15, 0.2) is 5.69 Å². The molecule has 0 spiro atoms. The molecule has 50 valence electrons. The lowest BCUT2D eigenvalue weighted by Crippen LogP contribution is -1.86. The number of hydrogen-bond donors (Lipinski definition) is 1. The van der Waals surface area contributed by atoms with E-state index in [9.17, 15) is 10.1 Å². The second kappa shape index (κ2) is 2.19. The summed E-state index contributed by atoms with van der Waals surface area (Å²) in [4.78, 5) is 9.41. The van der Waals surface area contributed by atoms with E-state index in [0.717, 1.165) is 0 Å². The minimum absolute atomic E-state index is 0.187. The van der Waals surface area contributed by atoms with E-state index in [2.05, 4.69) is 16.1 Å². The van der Waals surface area contributed by atoms with Crippen LogP contribution in [-0.2, 0) is 0 Å². The Hall–Kier alpha value is -1.83. The molecule has 1 rings (SSSR count). The minimum atomic E-state index is -0.589. The van der Waals surface area contributed by atoms with Gasteiger partial charge in [0.05, 0.1) is 6.07 Å². The standard InChI is InChI=1S/C5H3N3O2/c1-2-4-3-5(7-6-4)8(9)10/h1,3H,(H,6,7). The van der Waals surface area contributed by atoms with Crippen molar-refractivity contribution in [1.29, 1.82) is 0 Å². The first-order valence-electron chi connectivity index (χ1n) is 2.40. The monoisotopic (exact) mass is 137 g/mol. The van der Waals surface area contributed by atoms with Gasteiger partial charge in [0.2, 0.25) is 0 Å². The highest BCUT2D eigenvalue weighted by molar-refractivity contribution is 5.31. The predicted octanol–water partition coefficient (Wildman–Crippen LogP) is 0.299. The molecule has 0 aliphatic carbocycles. The van der Waals surface area contributed by atoms with Crippen molar-refractivity contribution in [3.8, 4) is 12.3 Å². The molecule has 0 aliphatic heterocycles. The van der Waals surface area contributed by atoms with Crippen LogP contribution in [0.15, 0.2) is 6.07 Å². The van der Waals surface area contributed by atoms with Gasteiger partial charge in [-0.1, -0.05) is 5.10 Å². The summed E-state index contributed by atoms with van der Waals surface area (Å²) in [5, 5.41) is 15.6. The Kier molecular flexibility index (Phi) is 1.38. The lowest BCUT2D eigenvalue weighted by molar-refractivity contribution is -0.389. The van der Waals surface area contributed by atoms with Gasteiger partial charge in [-0.25, -0.2) is 0 Å². The van der Waals surface area contributed by atoms with Gasteiger partial charge in [0.25, 0.3) is 0 Å². The number of terminal acetylenes is 1. The molecule has 0 unspecified atom stereocenters. The van der Waals surface area contributed by atoms with E-state index in [-0.39, 0.29) is 11.5 Å². The van der Waals surface area contributed by atoms with Gasteiger partial charge in [-0.3, -0.25) is 0 Å². The fourth-order valence-electron chi connectivity index (χ4n) is 0.479. The van der Waals surface area contributed by atoms with Crippen LogP contribution < -0.4 is 0 Å². The predicted molar refractivity (Wildman–Crippen MR) is 33.2 cm³/mol. The molecule has 1 N–H and O–H groups in total. The van der Waals surface area contributed by atoms with Crippen molar-refractivity contribution in [3.05, 3.63) is 21.9 Å². The molecule has 0 saturated carbocycles. The number of aromatic nitrogens is 2. The van der Waals surface area contributed by atoms with Crippen molar-refractivity contribution in [2.75, 3.05) is 0 Å². The highest BCUT2D eigenvalue weighted by Gasteiger charge is 2.06. The summed E-state index contributed by atoms with van der Waals surface area (Å²) in [7, 11) is 0. The largest absolute Gasteiger partial charge is 0.358 e. The lowest BCUT2D eigenvalue weighted by atomic mass is 10.4. The van der Waals surface area contributed by atoms with Gasteiger partial charge in [-0.05, 0) is 10.8 Å². The fourth-order valence-corrected chi connectivity index (χ4v) is 0.479. The van der Waals surface area contributed by atoms with Crippen molar-refractivity contribution in [2.24, 2.45) is 0 Å². The number of rotatable bonds is 1. The third-order valence-corrected chi connectivity index (χ3v) is 0.909. The Balaban J connectivity index is 3.02. The Labute approximate surface area is 56.2 Å². The smallest absolute Gasteiger partial charge is 0.343 e. The van der Waals surface area contributed by atoms with Crippen LogP contribution in [0.3, 0.4) is 0 Å². The third kappa shape index (κ3) is 0.951. The van der Waals surface area contributed by atoms with Crippen LogP contribution in [0.1, 0.15) is 5.69 Å². The second-order valence-electron chi connectivity index (χ2n) is 1.54. The Bertz CT molecular complexity index is 296. The SMILES string of the molecule is C#Cc1cc([N+](=O)[O-])[nH]n1.